The largest absolute Gasteiger partial charge is 0.496 e. The van der Waals surface area contributed by atoms with Gasteiger partial charge in [0.25, 0.3) is 5.56 Å². The van der Waals surface area contributed by atoms with Gasteiger partial charge in [-0.2, -0.15) is 0 Å². The summed E-state index contributed by atoms with van der Waals surface area (Å²) in [6.45, 7) is 0. The predicted octanol–water partition coefficient (Wildman–Crippen LogP) is 1.60. The Bertz CT molecular complexity index is 914. The number of ether oxygens (including phenoxy) is 1. The topological polar surface area (TPSA) is 77.0 Å². The van der Waals surface area contributed by atoms with Crippen LogP contribution in [0.2, 0.25) is 0 Å². The summed E-state index contributed by atoms with van der Waals surface area (Å²) in [5.74, 6) is 0.675. The summed E-state index contributed by atoms with van der Waals surface area (Å²) in [6.07, 6.45) is 4.85. The van der Waals surface area contributed by atoms with Crippen molar-refractivity contribution in [2.24, 2.45) is 0 Å². The van der Waals surface area contributed by atoms with E-state index in [1.807, 2.05) is 18.2 Å². The smallest absolute Gasteiger partial charge is 0.332 e. The molecule has 2 heterocycles. The van der Waals surface area contributed by atoms with Crippen molar-refractivity contribution in [2.45, 2.75) is 0 Å². The number of aromatic nitrogens is 3. The van der Waals surface area contributed by atoms with Gasteiger partial charge < -0.3 is 4.74 Å². The van der Waals surface area contributed by atoms with Crippen LogP contribution in [-0.4, -0.2) is 21.6 Å². The van der Waals surface area contributed by atoms with Crippen LogP contribution >= 0.6 is 0 Å². The van der Waals surface area contributed by atoms with Gasteiger partial charge in [0.15, 0.2) is 0 Å². The number of benzene rings is 1. The molecule has 6 heteroatoms. The van der Waals surface area contributed by atoms with Gasteiger partial charge in [-0.15, -0.1) is 0 Å². The average molecular weight is 295 g/mol. The van der Waals surface area contributed by atoms with Crippen molar-refractivity contribution in [3.8, 4) is 22.6 Å². The number of pyridine rings is 1. The monoisotopic (exact) mass is 295 g/mol. The first kappa shape index (κ1) is 13.8. The number of nitrogens with one attached hydrogen (secondary N) is 1. The molecule has 22 heavy (non-hydrogen) atoms. The van der Waals surface area contributed by atoms with E-state index in [0.29, 0.717) is 11.4 Å². The molecule has 110 valence electrons. The van der Waals surface area contributed by atoms with Gasteiger partial charge in [-0.05, 0) is 24.3 Å². The summed E-state index contributed by atoms with van der Waals surface area (Å²) in [6, 6.07) is 10.4. The Morgan fingerprint density at radius 3 is 2.73 bits per heavy atom. The highest BCUT2D eigenvalue weighted by Gasteiger charge is 2.09. The van der Waals surface area contributed by atoms with E-state index >= 15 is 0 Å². The molecule has 6 nitrogen and oxygen atoms in total. The molecule has 0 saturated carbocycles. The van der Waals surface area contributed by atoms with Gasteiger partial charge in [-0.25, -0.2) is 4.79 Å². The maximum Gasteiger partial charge on any atom is 0.332 e. The Labute approximate surface area is 125 Å². The third-order valence-electron chi connectivity index (χ3n) is 3.26. The number of rotatable bonds is 3. The molecule has 0 bridgehead atoms. The second-order valence-corrected chi connectivity index (χ2v) is 4.61. The molecular formula is C16H13N3O3. The molecule has 0 saturated heterocycles. The lowest BCUT2D eigenvalue weighted by atomic mass is 10.1. The normalized spacial score (nSPS) is 10.4. The highest BCUT2D eigenvalue weighted by Crippen LogP contribution is 2.31. The lowest BCUT2D eigenvalue weighted by Crippen LogP contribution is -2.27. The number of aromatic amines is 1. The maximum absolute atomic E-state index is 11.9. The highest BCUT2D eigenvalue weighted by molar-refractivity contribution is 5.72. The van der Waals surface area contributed by atoms with Gasteiger partial charge in [0.1, 0.15) is 5.75 Å². The lowest BCUT2D eigenvalue weighted by Gasteiger charge is -2.11. The molecule has 0 atom stereocenters. The fourth-order valence-electron chi connectivity index (χ4n) is 2.21. The Hall–Kier alpha value is -3.15. The van der Waals surface area contributed by atoms with Gasteiger partial charge >= 0.3 is 5.69 Å². The minimum Gasteiger partial charge on any atom is -0.496 e. The minimum absolute atomic E-state index is 0.428. The van der Waals surface area contributed by atoms with Crippen molar-refractivity contribution in [3.63, 3.8) is 0 Å². The molecule has 0 spiro atoms. The third kappa shape index (κ3) is 2.54. The summed E-state index contributed by atoms with van der Waals surface area (Å²) in [5.41, 5.74) is 1.39. The van der Waals surface area contributed by atoms with Crippen molar-refractivity contribution in [1.29, 1.82) is 0 Å². The summed E-state index contributed by atoms with van der Waals surface area (Å²) >= 11 is 0. The van der Waals surface area contributed by atoms with Crippen LogP contribution in [0.4, 0.5) is 0 Å². The summed E-state index contributed by atoms with van der Waals surface area (Å²) in [7, 11) is 1.58. The molecule has 0 aliphatic carbocycles. The van der Waals surface area contributed by atoms with Crippen LogP contribution in [0.5, 0.6) is 5.75 Å². The first-order chi connectivity index (χ1) is 10.7. The summed E-state index contributed by atoms with van der Waals surface area (Å²) in [5, 5.41) is 0. The van der Waals surface area contributed by atoms with Crippen molar-refractivity contribution >= 4 is 0 Å². The Kier molecular flexibility index (Phi) is 3.57. The molecule has 0 unspecified atom stereocenters. The fraction of sp³-hybridized carbons (Fsp3) is 0.0625. The van der Waals surface area contributed by atoms with Gasteiger partial charge in [-0.1, -0.05) is 6.07 Å². The average Bonchev–Trinajstić information content (AvgIpc) is 2.55. The molecule has 0 amide bonds. The predicted molar refractivity (Wildman–Crippen MR) is 82.4 cm³/mol. The number of hydrogen-bond donors (Lipinski definition) is 1. The first-order valence-corrected chi connectivity index (χ1v) is 6.60. The molecular weight excluding hydrogens is 282 g/mol. The van der Waals surface area contributed by atoms with Crippen LogP contribution in [0.15, 0.2) is 64.6 Å². The van der Waals surface area contributed by atoms with Gasteiger partial charge in [-0.3, -0.25) is 19.3 Å². The quantitative estimate of drug-likeness (QED) is 0.796. The molecule has 1 aromatic carbocycles. The lowest BCUT2D eigenvalue weighted by molar-refractivity contribution is 0.416. The Morgan fingerprint density at radius 1 is 1.18 bits per heavy atom. The van der Waals surface area contributed by atoms with E-state index in [2.05, 4.69) is 9.97 Å². The summed E-state index contributed by atoms with van der Waals surface area (Å²) in [4.78, 5) is 29.4. The van der Waals surface area contributed by atoms with Crippen LogP contribution in [0.3, 0.4) is 0 Å². The van der Waals surface area contributed by atoms with Crippen LogP contribution in [-0.2, 0) is 0 Å². The SMILES string of the molecule is COc1ccc(-n2ccc(=O)[nH]c2=O)cc1-c1cccnc1. The number of H-pyrrole nitrogens is 1. The van der Waals surface area contributed by atoms with E-state index in [9.17, 15) is 9.59 Å². The van der Waals surface area contributed by atoms with E-state index in [1.165, 1.54) is 16.8 Å². The number of methoxy groups -OCH3 is 1. The van der Waals surface area contributed by atoms with Crippen molar-refractivity contribution < 1.29 is 4.74 Å². The summed E-state index contributed by atoms with van der Waals surface area (Å²) < 4.78 is 6.73. The number of hydrogen-bond acceptors (Lipinski definition) is 4. The molecule has 2 aromatic heterocycles. The molecule has 3 rings (SSSR count). The van der Waals surface area contributed by atoms with E-state index in [1.54, 1.807) is 31.6 Å². The maximum atomic E-state index is 11.9. The Morgan fingerprint density at radius 2 is 2.05 bits per heavy atom. The molecule has 0 aliphatic rings. The van der Waals surface area contributed by atoms with Gasteiger partial charge in [0.05, 0.1) is 12.8 Å². The van der Waals surface area contributed by atoms with Crippen LogP contribution < -0.4 is 16.0 Å². The van der Waals surface area contributed by atoms with E-state index in [0.717, 1.165) is 11.1 Å². The van der Waals surface area contributed by atoms with Crippen LogP contribution in [0.1, 0.15) is 0 Å². The van der Waals surface area contributed by atoms with Gasteiger partial charge in [0, 0.05) is 35.8 Å². The molecule has 0 fully saturated rings. The zero-order valence-corrected chi connectivity index (χ0v) is 11.8. The number of nitrogens with zero attached hydrogens (tertiary/aromatic N) is 2. The third-order valence-corrected chi connectivity index (χ3v) is 3.26. The fourth-order valence-corrected chi connectivity index (χ4v) is 2.21. The minimum atomic E-state index is -0.491. The van der Waals surface area contributed by atoms with E-state index in [-0.39, 0.29) is 0 Å². The van der Waals surface area contributed by atoms with Crippen molar-refractivity contribution in [3.05, 3.63) is 75.8 Å². The van der Waals surface area contributed by atoms with Crippen molar-refractivity contribution in [2.75, 3.05) is 7.11 Å². The molecule has 3 aromatic rings. The van der Waals surface area contributed by atoms with Crippen molar-refractivity contribution in [1.82, 2.24) is 14.5 Å². The Balaban J connectivity index is 2.19. The van der Waals surface area contributed by atoms with Gasteiger partial charge in [0.2, 0.25) is 0 Å². The first-order valence-electron chi connectivity index (χ1n) is 6.60. The standard InChI is InChI=1S/C16H13N3O3/c1-22-14-5-4-12(19-8-6-15(20)18-16(19)21)9-13(14)11-3-2-7-17-10-11/h2-10H,1H3,(H,18,20,21). The van der Waals surface area contributed by atoms with E-state index in [4.69, 9.17) is 4.74 Å². The second kappa shape index (κ2) is 5.69. The van der Waals surface area contributed by atoms with Crippen LogP contribution in [0.25, 0.3) is 16.8 Å². The second-order valence-electron chi connectivity index (χ2n) is 4.61. The van der Waals surface area contributed by atoms with Crippen LogP contribution in [0, 0.1) is 0 Å². The zero-order valence-electron chi connectivity index (χ0n) is 11.8. The highest BCUT2D eigenvalue weighted by atomic mass is 16.5. The van der Waals surface area contributed by atoms with E-state index < -0.39 is 11.2 Å². The molecule has 1 N–H and O–H groups in total. The molecule has 0 radical (unpaired) electrons. The molecule has 0 aliphatic heterocycles. The zero-order chi connectivity index (χ0) is 15.5.